The lowest BCUT2D eigenvalue weighted by Crippen LogP contribution is -2.22. The van der Waals surface area contributed by atoms with Crippen LogP contribution in [0.5, 0.6) is 11.6 Å². The summed E-state index contributed by atoms with van der Waals surface area (Å²) in [4.78, 5) is 29.7. The first-order valence-electron chi connectivity index (χ1n) is 10.2. The minimum atomic E-state index is -0.513. The largest absolute Gasteiger partial charge is 0.497 e. The van der Waals surface area contributed by atoms with Crippen LogP contribution in [0, 0.1) is 0 Å². The number of carbonyl (C=O) groups is 1. The number of aliphatic imine (C=N–C) groups is 1. The summed E-state index contributed by atoms with van der Waals surface area (Å²) in [6, 6.07) is 21.0. The maximum Gasteiger partial charge on any atom is 0.340 e. The molecule has 0 unspecified atom stereocenters. The van der Waals surface area contributed by atoms with Crippen LogP contribution in [0.2, 0.25) is 0 Å². The average molecular weight is 442 g/mol. The number of fused-ring (bicyclic) bond motifs is 1. The van der Waals surface area contributed by atoms with Crippen molar-refractivity contribution in [3.8, 4) is 11.6 Å². The number of para-hydroxylation sites is 1. The van der Waals surface area contributed by atoms with E-state index in [1.165, 1.54) is 17.9 Å². The van der Waals surface area contributed by atoms with Gasteiger partial charge in [0.25, 0.3) is 5.56 Å². The predicted octanol–water partition coefficient (Wildman–Crippen LogP) is 4.30. The van der Waals surface area contributed by atoms with Gasteiger partial charge in [-0.2, -0.15) is 0 Å². The molecule has 0 atom stereocenters. The van der Waals surface area contributed by atoms with Gasteiger partial charge < -0.3 is 14.6 Å². The SMILES string of the molecule is COC(=O)c1ccccc1N=Cc1c(O)n(Cc2ccc(OC)cc2)c(=O)c2ccccc12. The van der Waals surface area contributed by atoms with Crippen molar-refractivity contribution in [3.63, 3.8) is 0 Å². The van der Waals surface area contributed by atoms with E-state index in [1.807, 2.05) is 12.1 Å². The molecule has 0 aliphatic carbocycles. The molecule has 0 radical (unpaired) electrons. The van der Waals surface area contributed by atoms with Crippen LogP contribution in [-0.4, -0.2) is 36.1 Å². The number of esters is 1. The molecule has 33 heavy (non-hydrogen) atoms. The molecule has 0 saturated heterocycles. The van der Waals surface area contributed by atoms with Gasteiger partial charge in [-0.25, -0.2) is 4.79 Å². The first kappa shape index (κ1) is 21.8. The number of hydrogen-bond donors (Lipinski definition) is 1. The van der Waals surface area contributed by atoms with E-state index in [-0.39, 0.29) is 18.0 Å². The number of rotatable bonds is 6. The summed E-state index contributed by atoms with van der Waals surface area (Å²) in [5, 5.41) is 12.1. The van der Waals surface area contributed by atoms with E-state index in [0.29, 0.717) is 33.3 Å². The Morgan fingerprint density at radius 1 is 0.970 bits per heavy atom. The van der Waals surface area contributed by atoms with Gasteiger partial charge in [0.2, 0.25) is 5.88 Å². The first-order valence-corrected chi connectivity index (χ1v) is 10.2. The Morgan fingerprint density at radius 3 is 2.33 bits per heavy atom. The highest BCUT2D eigenvalue weighted by molar-refractivity contribution is 6.03. The number of hydrogen-bond acceptors (Lipinski definition) is 6. The van der Waals surface area contributed by atoms with Crippen molar-refractivity contribution in [2.75, 3.05) is 14.2 Å². The normalized spacial score (nSPS) is 11.1. The molecule has 1 N–H and O–H groups in total. The van der Waals surface area contributed by atoms with Crippen LogP contribution in [0.4, 0.5) is 5.69 Å². The zero-order valence-electron chi connectivity index (χ0n) is 18.2. The average Bonchev–Trinajstić information content (AvgIpc) is 2.86. The Hall–Kier alpha value is -4.39. The van der Waals surface area contributed by atoms with Gasteiger partial charge in [-0.1, -0.05) is 42.5 Å². The molecule has 0 aliphatic rings. The molecule has 7 nitrogen and oxygen atoms in total. The van der Waals surface area contributed by atoms with E-state index < -0.39 is 5.97 Å². The minimum Gasteiger partial charge on any atom is -0.497 e. The van der Waals surface area contributed by atoms with Crippen LogP contribution in [0.1, 0.15) is 21.5 Å². The maximum atomic E-state index is 13.2. The van der Waals surface area contributed by atoms with Crippen LogP contribution < -0.4 is 10.3 Å². The van der Waals surface area contributed by atoms with Gasteiger partial charge in [-0.3, -0.25) is 14.4 Å². The monoisotopic (exact) mass is 442 g/mol. The lowest BCUT2D eigenvalue weighted by atomic mass is 10.1. The van der Waals surface area contributed by atoms with Crippen molar-refractivity contribution in [2.45, 2.75) is 6.54 Å². The van der Waals surface area contributed by atoms with Crippen molar-refractivity contribution >= 4 is 28.6 Å². The second kappa shape index (κ2) is 9.40. The van der Waals surface area contributed by atoms with E-state index in [9.17, 15) is 14.7 Å². The fourth-order valence-electron chi connectivity index (χ4n) is 3.60. The molecule has 4 aromatic rings. The summed E-state index contributed by atoms with van der Waals surface area (Å²) >= 11 is 0. The Morgan fingerprint density at radius 2 is 1.64 bits per heavy atom. The Balaban J connectivity index is 1.84. The van der Waals surface area contributed by atoms with E-state index in [2.05, 4.69) is 4.99 Å². The van der Waals surface area contributed by atoms with E-state index in [0.717, 1.165) is 5.56 Å². The second-order valence-corrected chi connectivity index (χ2v) is 7.29. The van der Waals surface area contributed by atoms with Gasteiger partial charge in [-0.15, -0.1) is 0 Å². The lowest BCUT2D eigenvalue weighted by Gasteiger charge is -2.14. The van der Waals surface area contributed by atoms with Gasteiger partial charge in [0.15, 0.2) is 0 Å². The third-order valence-electron chi connectivity index (χ3n) is 5.33. The summed E-state index contributed by atoms with van der Waals surface area (Å²) in [7, 11) is 2.88. The van der Waals surface area contributed by atoms with E-state index in [4.69, 9.17) is 9.47 Å². The topological polar surface area (TPSA) is 90.1 Å². The highest BCUT2D eigenvalue weighted by Crippen LogP contribution is 2.26. The molecule has 7 heteroatoms. The summed E-state index contributed by atoms with van der Waals surface area (Å²) in [6.07, 6.45) is 1.46. The smallest absolute Gasteiger partial charge is 0.340 e. The molecule has 1 aromatic heterocycles. The van der Waals surface area contributed by atoms with E-state index in [1.54, 1.807) is 67.8 Å². The molecule has 0 saturated carbocycles. The van der Waals surface area contributed by atoms with E-state index >= 15 is 0 Å². The molecule has 4 rings (SSSR count). The number of ether oxygens (including phenoxy) is 2. The fraction of sp³-hybridized carbons (Fsp3) is 0.115. The van der Waals surface area contributed by atoms with Crippen LogP contribution in [0.25, 0.3) is 10.8 Å². The highest BCUT2D eigenvalue weighted by Gasteiger charge is 2.16. The van der Waals surface area contributed by atoms with Crippen LogP contribution in [-0.2, 0) is 11.3 Å². The maximum absolute atomic E-state index is 13.2. The molecule has 166 valence electrons. The van der Waals surface area contributed by atoms with Gasteiger partial charge in [0, 0.05) is 17.0 Å². The van der Waals surface area contributed by atoms with Crippen molar-refractivity contribution < 1.29 is 19.4 Å². The number of benzene rings is 3. The van der Waals surface area contributed by atoms with Gasteiger partial charge >= 0.3 is 5.97 Å². The standard InChI is InChI=1S/C26H22N2O5/c1-32-18-13-11-17(12-14-18)16-28-24(29)20-8-4-3-7-19(20)22(25(28)30)15-27-23-10-6-5-9-21(23)26(31)33-2/h3-15,30H,16H2,1-2H3. The number of methoxy groups -OCH3 is 2. The van der Waals surface area contributed by atoms with Crippen molar-refractivity contribution in [1.29, 1.82) is 0 Å². The van der Waals surface area contributed by atoms with Gasteiger partial charge in [-0.05, 0) is 35.9 Å². The van der Waals surface area contributed by atoms with Crippen LogP contribution in [0.3, 0.4) is 0 Å². The zero-order valence-corrected chi connectivity index (χ0v) is 18.2. The van der Waals surface area contributed by atoms with Gasteiger partial charge in [0.1, 0.15) is 5.75 Å². The second-order valence-electron chi connectivity index (χ2n) is 7.29. The summed E-state index contributed by atoms with van der Waals surface area (Å²) < 4.78 is 11.3. The number of nitrogens with zero attached hydrogens (tertiary/aromatic N) is 2. The summed E-state index contributed by atoms with van der Waals surface area (Å²) in [5.74, 6) is -0.0268. The summed E-state index contributed by atoms with van der Waals surface area (Å²) in [6.45, 7) is 0.166. The van der Waals surface area contributed by atoms with Crippen molar-refractivity contribution in [3.05, 3.63) is 99.8 Å². The molecule has 0 fully saturated rings. The Kier molecular flexibility index (Phi) is 6.22. The lowest BCUT2D eigenvalue weighted by molar-refractivity contribution is 0.0601. The molecule has 0 amide bonds. The molecular formula is C26H22N2O5. The van der Waals surface area contributed by atoms with Crippen LogP contribution >= 0.6 is 0 Å². The molecule has 0 spiro atoms. The Bertz CT molecular complexity index is 1400. The number of aromatic nitrogens is 1. The molecular weight excluding hydrogens is 420 g/mol. The van der Waals surface area contributed by atoms with Gasteiger partial charge in [0.05, 0.1) is 37.6 Å². The molecule has 3 aromatic carbocycles. The number of aromatic hydroxyl groups is 1. The first-order chi connectivity index (χ1) is 16.0. The van der Waals surface area contributed by atoms with Crippen molar-refractivity contribution in [2.24, 2.45) is 4.99 Å². The summed E-state index contributed by atoms with van der Waals surface area (Å²) in [5.41, 5.74) is 1.57. The number of pyridine rings is 1. The fourth-order valence-corrected chi connectivity index (χ4v) is 3.60. The molecule has 1 heterocycles. The van der Waals surface area contributed by atoms with Crippen LogP contribution in [0.15, 0.2) is 82.6 Å². The molecule has 0 aliphatic heterocycles. The zero-order chi connectivity index (χ0) is 23.4. The number of carbonyl (C=O) groups excluding carboxylic acids is 1. The van der Waals surface area contributed by atoms with Crippen molar-refractivity contribution in [1.82, 2.24) is 4.57 Å². The minimum absolute atomic E-state index is 0.166. The Labute approximate surface area is 190 Å². The third-order valence-corrected chi connectivity index (χ3v) is 5.33. The predicted molar refractivity (Wildman–Crippen MR) is 127 cm³/mol. The quantitative estimate of drug-likeness (QED) is 0.355. The highest BCUT2D eigenvalue weighted by atomic mass is 16.5. The third kappa shape index (κ3) is 4.34. The molecule has 0 bridgehead atoms.